The normalized spacial score (nSPS) is 11.2. The Morgan fingerprint density at radius 1 is 0.679 bits per heavy atom. The minimum absolute atomic E-state index is 0.844. The van der Waals surface area contributed by atoms with Gasteiger partial charge in [-0.05, 0) is 59.7 Å². The van der Waals surface area contributed by atoms with Crippen molar-refractivity contribution >= 4 is 37.7 Å². The number of aromatic nitrogens is 1. The molecular formula is C25H18BrNO. The lowest BCUT2D eigenvalue weighted by Crippen LogP contribution is -1.92. The molecule has 0 aliphatic heterocycles. The molecule has 2 nitrogen and oxygen atoms in total. The first-order chi connectivity index (χ1) is 13.7. The monoisotopic (exact) mass is 427 g/mol. The van der Waals surface area contributed by atoms with Crippen LogP contribution in [0.5, 0.6) is 5.75 Å². The maximum absolute atomic E-state index is 5.44. The molecule has 28 heavy (non-hydrogen) atoms. The van der Waals surface area contributed by atoms with Gasteiger partial charge in [-0.1, -0.05) is 58.4 Å². The van der Waals surface area contributed by atoms with Crippen LogP contribution < -0.4 is 4.74 Å². The van der Waals surface area contributed by atoms with E-state index in [0.717, 1.165) is 15.8 Å². The summed E-state index contributed by atoms with van der Waals surface area (Å²) in [6.07, 6.45) is 0. The van der Waals surface area contributed by atoms with E-state index in [2.05, 4.69) is 105 Å². The molecule has 4 aromatic carbocycles. The van der Waals surface area contributed by atoms with E-state index in [9.17, 15) is 0 Å². The summed E-state index contributed by atoms with van der Waals surface area (Å²) in [5.41, 5.74) is 5.89. The van der Waals surface area contributed by atoms with Crippen molar-refractivity contribution < 1.29 is 4.74 Å². The third-order valence-electron chi connectivity index (χ3n) is 5.13. The highest BCUT2D eigenvalue weighted by Gasteiger charge is 2.13. The molecule has 0 spiro atoms. The van der Waals surface area contributed by atoms with Crippen LogP contribution in [0, 0.1) is 0 Å². The van der Waals surface area contributed by atoms with Crippen LogP contribution >= 0.6 is 15.9 Å². The zero-order valence-corrected chi connectivity index (χ0v) is 17.0. The number of methoxy groups -OCH3 is 1. The van der Waals surface area contributed by atoms with Crippen molar-refractivity contribution in [3.05, 3.63) is 95.5 Å². The zero-order chi connectivity index (χ0) is 19.1. The Morgan fingerprint density at radius 3 is 2.25 bits per heavy atom. The molecule has 0 aliphatic rings. The van der Waals surface area contributed by atoms with Gasteiger partial charge in [0.05, 0.1) is 18.1 Å². The molecule has 0 N–H and O–H groups in total. The van der Waals surface area contributed by atoms with Crippen molar-refractivity contribution in [2.24, 2.45) is 0 Å². The number of nitrogens with zero attached hydrogens (tertiary/aromatic N) is 1. The van der Waals surface area contributed by atoms with Crippen LogP contribution in [0.25, 0.3) is 38.6 Å². The number of para-hydroxylation sites is 2. The fourth-order valence-electron chi connectivity index (χ4n) is 3.85. The average molecular weight is 428 g/mol. The van der Waals surface area contributed by atoms with Gasteiger partial charge in [-0.15, -0.1) is 0 Å². The number of rotatable bonds is 3. The van der Waals surface area contributed by atoms with Gasteiger partial charge >= 0.3 is 0 Å². The second-order valence-corrected chi connectivity index (χ2v) is 7.72. The van der Waals surface area contributed by atoms with E-state index < -0.39 is 0 Å². The van der Waals surface area contributed by atoms with Crippen LogP contribution in [0.2, 0.25) is 0 Å². The molecule has 0 amide bonds. The molecule has 0 fully saturated rings. The van der Waals surface area contributed by atoms with E-state index in [0.29, 0.717) is 0 Å². The van der Waals surface area contributed by atoms with E-state index in [1.807, 2.05) is 6.07 Å². The molecule has 1 heterocycles. The fraction of sp³-hybridized carbons (Fsp3) is 0.0400. The molecule has 0 radical (unpaired) electrons. The molecule has 136 valence electrons. The SMILES string of the molecule is COc1cc(Br)cc(-c2ccc3c(c2)c2ccccc2n3-c2ccccc2)c1. The zero-order valence-electron chi connectivity index (χ0n) is 15.4. The highest BCUT2D eigenvalue weighted by atomic mass is 79.9. The molecule has 3 heteroatoms. The molecule has 0 saturated heterocycles. The minimum Gasteiger partial charge on any atom is -0.497 e. The first-order valence-corrected chi connectivity index (χ1v) is 9.97. The van der Waals surface area contributed by atoms with Gasteiger partial charge in [0.15, 0.2) is 0 Å². The summed E-state index contributed by atoms with van der Waals surface area (Å²) in [6, 6.07) is 31.9. The Balaban J connectivity index is 1.80. The van der Waals surface area contributed by atoms with E-state index in [4.69, 9.17) is 4.74 Å². The van der Waals surface area contributed by atoms with E-state index in [1.54, 1.807) is 7.11 Å². The van der Waals surface area contributed by atoms with Crippen LogP contribution in [-0.2, 0) is 0 Å². The number of fused-ring (bicyclic) bond motifs is 3. The lowest BCUT2D eigenvalue weighted by Gasteiger charge is -2.09. The summed E-state index contributed by atoms with van der Waals surface area (Å²) in [5, 5.41) is 2.50. The van der Waals surface area contributed by atoms with Crippen molar-refractivity contribution in [2.75, 3.05) is 7.11 Å². The average Bonchev–Trinajstić information content (AvgIpc) is 3.07. The summed E-state index contributed by atoms with van der Waals surface area (Å²) in [7, 11) is 1.70. The highest BCUT2D eigenvalue weighted by molar-refractivity contribution is 9.10. The van der Waals surface area contributed by atoms with Crippen molar-refractivity contribution in [3.8, 4) is 22.6 Å². The van der Waals surface area contributed by atoms with Gasteiger partial charge in [-0.3, -0.25) is 0 Å². The minimum atomic E-state index is 0.844. The maximum Gasteiger partial charge on any atom is 0.120 e. The number of hydrogen-bond donors (Lipinski definition) is 0. The predicted molar refractivity (Wildman–Crippen MR) is 120 cm³/mol. The summed E-state index contributed by atoms with van der Waals surface area (Å²) >= 11 is 3.59. The smallest absolute Gasteiger partial charge is 0.120 e. The van der Waals surface area contributed by atoms with Crippen molar-refractivity contribution in [1.82, 2.24) is 4.57 Å². The van der Waals surface area contributed by atoms with E-state index in [1.165, 1.54) is 33.1 Å². The fourth-order valence-corrected chi connectivity index (χ4v) is 4.33. The Morgan fingerprint density at radius 2 is 1.43 bits per heavy atom. The van der Waals surface area contributed by atoms with Crippen LogP contribution in [0.15, 0.2) is 95.5 Å². The molecule has 5 aromatic rings. The number of halogens is 1. The molecule has 0 atom stereocenters. The van der Waals surface area contributed by atoms with Gasteiger partial charge in [0, 0.05) is 20.9 Å². The van der Waals surface area contributed by atoms with Crippen molar-refractivity contribution in [2.45, 2.75) is 0 Å². The topological polar surface area (TPSA) is 14.2 Å². The number of benzene rings is 4. The molecule has 5 rings (SSSR count). The lowest BCUT2D eigenvalue weighted by molar-refractivity contribution is 0.414. The Bertz CT molecular complexity index is 1300. The third kappa shape index (κ3) is 2.79. The standard InChI is InChI=1S/C25H18BrNO/c1-28-21-14-18(13-19(26)16-21)17-11-12-25-23(15-17)22-9-5-6-10-24(22)27(25)20-7-3-2-4-8-20/h2-16H,1H3. The molecule has 0 unspecified atom stereocenters. The Hall–Kier alpha value is -3.04. The van der Waals surface area contributed by atoms with Crippen LogP contribution in [0.1, 0.15) is 0 Å². The van der Waals surface area contributed by atoms with Gasteiger partial charge in [-0.25, -0.2) is 0 Å². The lowest BCUT2D eigenvalue weighted by atomic mass is 10.0. The number of ether oxygens (including phenoxy) is 1. The number of hydrogen-bond acceptors (Lipinski definition) is 1. The summed E-state index contributed by atoms with van der Waals surface area (Å²) in [5.74, 6) is 0.844. The van der Waals surface area contributed by atoms with Crippen LogP contribution in [0.4, 0.5) is 0 Å². The van der Waals surface area contributed by atoms with Gasteiger partial charge in [-0.2, -0.15) is 0 Å². The highest BCUT2D eigenvalue weighted by Crippen LogP contribution is 2.36. The second-order valence-electron chi connectivity index (χ2n) is 6.80. The Kier molecular flexibility index (Phi) is 4.18. The van der Waals surface area contributed by atoms with Crippen LogP contribution in [-0.4, -0.2) is 11.7 Å². The molecule has 0 aliphatic carbocycles. The van der Waals surface area contributed by atoms with E-state index >= 15 is 0 Å². The molecule has 0 bridgehead atoms. The second kappa shape index (κ2) is 6.84. The Labute approximate surface area is 172 Å². The first-order valence-electron chi connectivity index (χ1n) is 9.18. The third-order valence-corrected chi connectivity index (χ3v) is 5.59. The van der Waals surface area contributed by atoms with Gasteiger partial charge < -0.3 is 9.30 Å². The summed E-state index contributed by atoms with van der Waals surface area (Å²) < 4.78 is 8.78. The summed E-state index contributed by atoms with van der Waals surface area (Å²) in [4.78, 5) is 0. The molecule has 1 aromatic heterocycles. The van der Waals surface area contributed by atoms with Crippen LogP contribution in [0.3, 0.4) is 0 Å². The quantitative estimate of drug-likeness (QED) is 0.296. The maximum atomic E-state index is 5.44. The molecular weight excluding hydrogens is 410 g/mol. The van der Waals surface area contributed by atoms with Gasteiger partial charge in [0.25, 0.3) is 0 Å². The molecule has 0 saturated carbocycles. The van der Waals surface area contributed by atoms with E-state index in [-0.39, 0.29) is 0 Å². The van der Waals surface area contributed by atoms with Crippen molar-refractivity contribution in [1.29, 1.82) is 0 Å². The van der Waals surface area contributed by atoms with Gasteiger partial charge in [0.2, 0.25) is 0 Å². The largest absolute Gasteiger partial charge is 0.497 e. The summed E-state index contributed by atoms with van der Waals surface area (Å²) in [6.45, 7) is 0. The predicted octanol–water partition coefficient (Wildman–Crippen LogP) is 7.22. The first kappa shape index (κ1) is 17.1. The van der Waals surface area contributed by atoms with Gasteiger partial charge in [0.1, 0.15) is 5.75 Å². The van der Waals surface area contributed by atoms with Crippen molar-refractivity contribution in [3.63, 3.8) is 0 Å².